The maximum atomic E-state index is 13.4. The number of nitrogens with one attached hydrogen (secondary N) is 1. The van der Waals surface area contributed by atoms with E-state index in [-0.39, 0.29) is 31.6 Å². The van der Waals surface area contributed by atoms with Crippen molar-refractivity contribution in [1.82, 2.24) is 4.90 Å². The lowest BCUT2D eigenvalue weighted by molar-refractivity contribution is -0.129. The lowest BCUT2D eigenvalue weighted by Gasteiger charge is -2.32. The summed E-state index contributed by atoms with van der Waals surface area (Å²) >= 11 is 13.2. The van der Waals surface area contributed by atoms with Crippen LogP contribution in [-0.2, 0) is 16.1 Å². The van der Waals surface area contributed by atoms with Crippen LogP contribution in [0.4, 0.5) is 15.8 Å². The summed E-state index contributed by atoms with van der Waals surface area (Å²) in [4.78, 5) is 32.4. The van der Waals surface area contributed by atoms with Gasteiger partial charge in [-0.15, -0.1) is 0 Å². The molecule has 3 aromatic rings. The number of hydrogen-bond donors (Lipinski definition) is 1. The molecule has 1 saturated heterocycles. The van der Waals surface area contributed by atoms with Crippen LogP contribution in [0.1, 0.15) is 12.0 Å². The lowest BCUT2D eigenvalue weighted by atomic mass is 10.1. The highest BCUT2D eigenvalue weighted by molar-refractivity contribution is 8.15. The third-order valence-corrected chi connectivity index (χ3v) is 7.02. The third-order valence-electron chi connectivity index (χ3n) is 5.39. The zero-order valence-corrected chi connectivity index (χ0v) is 20.9. The Labute approximate surface area is 220 Å². The number of thioether (sulfide) groups is 1. The van der Waals surface area contributed by atoms with E-state index >= 15 is 0 Å². The number of halogens is 3. The van der Waals surface area contributed by atoms with Gasteiger partial charge in [-0.3, -0.25) is 14.5 Å². The molecule has 2 aliphatic heterocycles. The van der Waals surface area contributed by atoms with Crippen molar-refractivity contribution in [2.24, 2.45) is 4.99 Å². The Kier molecular flexibility index (Phi) is 7.04. The number of carbonyl (C=O) groups excluding carboxylic acids is 2. The second-order valence-corrected chi connectivity index (χ2v) is 10.0. The number of carbonyl (C=O) groups is 2. The van der Waals surface area contributed by atoms with Crippen molar-refractivity contribution in [3.63, 3.8) is 0 Å². The smallest absolute Gasteiger partial charge is 0.238 e. The van der Waals surface area contributed by atoms with Gasteiger partial charge < -0.3 is 14.8 Å². The number of anilines is 1. The summed E-state index contributed by atoms with van der Waals surface area (Å²) in [6.45, 7) is 0.351. The van der Waals surface area contributed by atoms with Gasteiger partial charge in [0.25, 0.3) is 0 Å². The second-order valence-electron chi connectivity index (χ2n) is 8.00. The molecule has 2 amide bonds. The Morgan fingerprint density at radius 3 is 2.53 bits per heavy atom. The molecule has 3 aromatic carbocycles. The van der Waals surface area contributed by atoms with Crippen molar-refractivity contribution < 1.29 is 23.5 Å². The Bertz CT molecular complexity index is 1350. The number of rotatable bonds is 5. The minimum Gasteiger partial charge on any atom is -0.454 e. The summed E-state index contributed by atoms with van der Waals surface area (Å²) in [5.74, 6) is 0.161. The standard InChI is InChI=1S/C25H18Cl2FN3O4S/c26-15-8-16(27)10-19(9-15)29-24(33)22-11-23(32)31(12-14-1-6-20-21(7-14)35-13-34-20)25(36-22)30-18-4-2-17(28)3-5-18/h1-10,22H,11-13H2,(H,29,33). The van der Waals surface area contributed by atoms with E-state index in [1.54, 1.807) is 30.3 Å². The number of nitrogens with zero attached hydrogens (tertiary/aromatic N) is 2. The molecule has 0 radical (unpaired) electrons. The molecule has 1 unspecified atom stereocenters. The van der Waals surface area contributed by atoms with E-state index in [9.17, 15) is 14.0 Å². The molecular formula is C25H18Cl2FN3O4S. The van der Waals surface area contributed by atoms with Crippen LogP contribution in [0.25, 0.3) is 0 Å². The van der Waals surface area contributed by atoms with Gasteiger partial charge in [0.15, 0.2) is 16.7 Å². The number of benzene rings is 3. The normalized spacial score (nSPS) is 18.0. The van der Waals surface area contributed by atoms with Crippen molar-refractivity contribution in [2.45, 2.75) is 18.2 Å². The molecule has 2 aliphatic rings. The van der Waals surface area contributed by atoms with Crippen LogP contribution in [0.3, 0.4) is 0 Å². The highest BCUT2D eigenvalue weighted by Gasteiger charge is 2.36. The summed E-state index contributed by atoms with van der Waals surface area (Å²) < 4.78 is 24.2. The highest BCUT2D eigenvalue weighted by Crippen LogP contribution is 2.35. The summed E-state index contributed by atoms with van der Waals surface area (Å²) in [5.41, 5.74) is 1.67. The third kappa shape index (κ3) is 5.59. The summed E-state index contributed by atoms with van der Waals surface area (Å²) in [6.07, 6.45) is -0.0439. The molecule has 184 valence electrons. The van der Waals surface area contributed by atoms with Crippen LogP contribution >= 0.6 is 35.0 Å². The van der Waals surface area contributed by atoms with Crippen LogP contribution in [0.15, 0.2) is 65.7 Å². The summed E-state index contributed by atoms with van der Waals surface area (Å²) in [6, 6.07) is 15.7. The molecule has 0 bridgehead atoms. The van der Waals surface area contributed by atoms with Gasteiger partial charge in [-0.05, 0) is 60.2 Å². The molecule has 0 aromatic heterocycles. The van der Waals surface area contributed by atoms with E-state index in [2.05, 4.69) is 10.3 Å². The maximum Gasteiger partial charge on any atom is 0.238 e. The van der Waals surface area contributed by atoms with Crippen LogP contribution in [0.2, 0.25) is 10.0 Å². The molecule has 0 saturated carbocycles. The van der Waals surface area contributed by atoms with Gasteiger partial charge in [0, 0.05) is 22.2 Å². The average molecular weight is 546 g/mol. The molecular weight excluding hydrogens is 528 g/mol. The number of ether oxygens (including phenoxy) is 2. The minimum atomic E-state index is -0.748. The first-order valence-corrected chi connectivity index (χ1v) is 12.4. The van der Waals surface area contributed by atoms with E-state index in [4.69, 9.17) is 32.7 Å². The fourth-order valence-electron chi connectivity index (χ4n) is 3.69. The predicted molar refractivity (Wildman–Crippen MR) is 138 cm³/mol. The van der Waals surface area contributed by atoms with Gasteiger partial charge in [-0.25, -0.2) is 9.38 Å². The molecule has 7 nitrogen and oxygen atoms in total. The molecule has 1 fully saturated rings. The largest absolute Gasteiger partial charge is 0.454 e. The van der Waals surface area contributed by atoms with Crippen molar-refractivity contribution in [2.75, 3.05) is 12.1 Å². The molecule has 1 N–H and O–H groups in total. The van der Waals surface area contributed by atoms with E-state index < -0.39 is 11.1 Å². The first kappa shape index (κ1) is 24.4. The first-order valence-electron chi connectivity index (χ1n) is 10.8. The van der Waals surface area contributed by atoms with Crippen LogP contribution in [0, 0.1) is 5.82 Å². The van der Waals surface area contributed by atoms with Gasteiger partial charge in [-0.2, -0.15) is 0 Å². The fourth-order valence-corrected chi connectivity index (χ4v) is 5.32. The van der Waals surface area contributed by atoms with E-state index in [1.807, 2.05) is 6.07 Å². The van der Waals surface area contributed by atoms with E-state index in [0.717, 1.165) is 17.3 Å². The molecule has 11 heteroatoms. The van der Waals surface area contributed by atoms with E-state index in [1.165, 1.54) is 29.2 Å². The van der Waals surface area contributed by atoms with Gasteiger partial charge in [0.2, 0.25) is 18.6 Å². The van der Waals surface area contributed by atoms with Crippen molar-refractivity contribution >= 4 is 63.3 Å². The number of amides is 2. The quantitative estimate of drug-likeness (QED) is 0.423. The van der Waals surface area contributed by atoms with Crippen molar-refractivity contribution in [1.29, 1.82) is 0 Å². The van der Waals surface area contributed by atoms with Gasteiger partial charge in [0.1, 0.15) is 11.1 Å². The van der Waals surface area contributed by atoms with Gasteiger partial charge in [0.05, 0.1) is 12.2 Å². The molecule has 0 spiro atoms. The molecule has 36 heavy (non-hydrogen) atoms. The van der Waals surface area contributed by atoms with Crippen LogP contribution < -0.4 is 14.8 Å². The monoisotopic (exact) mass is 545 g/mol. The van der Waals surface area contributed by atoms with Crippen LogP contribution in [0.5, 0.6) is 11.5 Å². The van der Waals surface area contributed by atoms with Gasteiger partial charge >= 0.3 is 0 Å². The Morgan fingerprint density at radius 2 is 1.78 bits per heavy atom. The maximum absolute atomic E-state index is 13.4. The van der Waals surface area contributed by atoms with Crippen molar-refractivity contribution in [3.8, 4) is 11.5 Å². The molecule has 5 rings (SSSR count). The molecule has 0 aliphatic carbocycles. The molecule has 2 heterocycles. The predicted octanol–water partition coefficient (Wildman–Crippen LogP) is 6.02. The Hall–Kier alpha value is -3.27. The zero-order valence-electron chi connectivity index (χ0n) is 18.5. The summed E-state index contributed by atoms with van der Waals surface area (Å²) in [5, 5.41) is 3.08. The Balaban J connectivity index is 1.41. The number of amidine groups is 1. The fraction of sp³-hybridized carbons (Fsp3) is 0.160. The number of hydrogen-bond acceptors (Lipinski definition) is 6. The second kappa shape index (κ2) is 10.4. The first-order chi connectivity index (χ1) is 17.3. The lowest BCUT2D eigenvalue weighted by Crippen LogP contribution is -2.44. The van der Waals surface area contributed by atoms with E-state index in [0.29, 0.717) is 38.1 Å². The zero-order chi connectivity index (χ0) is 25.2. The topological polar surface area (TPSA) is 80.2 Å². The number of fused-ring (bicyclic) bond motifs is 1. The summed E-state index contributed by atoms with van der Waals surface area (Å²) in [7, 11) is 0. The molecule has 1 atom stereocenters. The van der Waals surface area contributed by atoms with Crippen molar-refractivity contribution in [3.05, 3.63) is 82.1 Å². The Morgan fingerprint density at radius 1 is 1.06 bits per heavy atom. The minimum absolute atomic E-state index is 0.0439. The average Bonchev–Trinajstić information content (AvgIpc) is 3.30. The van der Waals surface area contributed by atoms with Crippen LogP contribution in [-0.4, -0.2) is 33.9 Å². The number of aliphatic imine (C=N–C) groups is 1. The van der Waals surface area contributed by atoms with Gasteiger partial charge in [-0.1, -0.05) is 41.0 Å². The highest BCUT2D eigenvalue weighted by atomic mass is 35.5. The SMILES string of the molecule is O=C(Nc1cc(Cl)cc(Cl)c1)C1CC(=O)N(Cc2ccc3c(c2)OCO3)C(=Nc2ccc(F)cc2)S1.